The molecule has 0 spiro atoms. The number of benzene rings is 2. The standard InChI is InChI=1S/C21H21N3O/c1-15-8-7-9-18(14-15)12-13-20(25)22-21-16(2)23-24(17(21)3)19-10-5-4-6-11-19/h4-14H,1-3H3,(H,22,25)/b13-12+. The number of carbonyl (C=O) groups excluding carboxylic acids is 1. The molecule has 0 aliphatic carbocycles. The molecule has 2 aromatic carbocycles. The van der Waals surface area contributed by atoms with E-state index in [0.29, 0.717) is 0 Å². The summed E-state index contributed by atoms with van der Waals surface area (Å²) >= 11 is 0. The van der Waals surface area contributed by atoms with Gasteiger partial charge in [0.1, 0.15) is 0 Å². The third-order valence-electron chi connectivity index (χ3n) is 4.01. The van der Waals surface area contributed by atoms with Crippen molar-refractivity contribution in [2.75, 3.05) is 5.32 Å². The Balaban J connectivity index is 1.79. The van der Waals surface area contributed by atoms with Gasteiger partial charge in [-0.2, -0.15) is 5.10 Å². The summed E-state index contributed by atoms with van der Waals surface area (Å²) in [6, 6.07) is 17.9. The van der Waals surface area contributed by atoms with Gasteiger partial charge in [0.05, 0.1) is 22.8 Å². The second-order valence-corrected chi connectivity index (χ2v) is 6.03. The number of para-hydroxylation sites is 1. The van der Waals surface area contributed by atoms with E-state index >= 15 is 0 Å². The molecule has 0 aliphatic rings. The van der Waals surface area contributed by atoms with Crippen LogP contribution in [0.5, 0.6) is 0 Å². The number of amides is 1. The fourth-order valence-corrected chi connectivity index (χ4v) is 2.75. The summed E-state index contributed by atoms with van der Waals surface area (Å²) in [5.41, 5.74) is 5.59. The highest BCUT2D eigenvalue weighted by Gasteiger charge is 2.14. The Morgan fingerprint density at radius 1 is 1.04 bits per heavy atom. The molecule has 0 atom stereocenters. The predicted molar refractivity (Wildman–Crippen MR) is 102 cm³/mol. The van der Waals surface area contributed by atoms with Crippen molar-refractivity contribution < 1.29 is 4.79 Å². The normalized spacial score (nSPS) is 11.0. The van der Waals surface area contributed by atoms with Crippen molar-refractivity contribution in [3.63, 3.8) is 0 Å². The number of hydrogen-bond donors (Lipinski definition) is 1. The molecular formula is C21H21N3O. The Bertz CT molecular complexity index is 924. The minimum atomic E-state index is -0.166. The molecule has 0 radical (unpaired) electrons. The lowest BCUT2D eigenvalue weighted by molar-refractivity contribution is -0.111. The van der Waals surface area contributed by atoms with Gasteiger partial charge >= 0.3 is 0 Å². The molecule has 0 unspecified atom stereocenters. The summed E-state index contributed by atoms with van der Waals surface area (Å²) in [6.45, 7) is 5.88. The zero-order chi connectivity index (χ0) is 17.8. The van der Waals surface area contributed by atoms with Gasteiger partial charge < -0.3 is 5.32 Å². The fourth-order valence-electron chi connectivity index (χ4n) is 2.75. The van der Waals surface area contributed by atoms with Crippen LogP contribution in [0.4, 0.5) is 5.69 Å². The summed E-state index contributed by atoms with van der Waals surface area (Å²) in [5.74, 6) is -0.166. The van der Waals surface area contributed by atoms with Gasteiger partial charge in [0.2, 0.25) is 5.91 Å². The smallest absolute Gasteiger partial charge is 0.248 e. The Hall–Kier alpha value is -3.14. The van der Waals surface area contributed by atoms with E-state index in [4.69, 9.17) is 0 Å². The number of nitrogens with zero attached hydrogens (tertiary/aromatic N) is 2. The molecule has 126 valence electrons. The molecule has 25 heavy (non-hydrogen) atoms. The van der Waals surface area contributed by atoms with Crippen LogP contribution in [0.15, 0.2) is 60.7 Å². The Labute approximate surface area is 147 Å². The quantitative estimate of drug-likeness (QED) is 0.718. The van der Waals surface area contributed by atoms with Gasteiger partial charge in [0.25, 0.3) is 0 Å². The van der Waals surface area contributed by atoms with Crippen LogP contribution >= 0.6 is 0 Å². The Morgan fingerprint density at radius 3 is 2.52 bits per heavy atom. The molecule has 3 rings (SSSR count). The molecule has 1 N–H and O–H groups in total. The lowest BCUT2D eigenvalue weighted by Gasteiger charge is -2.05. The van der Waals surface area contributed by atoms with Crippen molar-refractivity contribution >= 4 is 17.7 Å². The van der Waals surface area contributed by atoms with Crippen LogP contribution in [0, 0.1) is 20.8 Å². The topological polar surface area (TPSA) is 46.9 Å². The van der Waals surface area contributed by atoms with Gasteiger partial charge in [-0.15, -0.1) is 0 Å². The van der Waals surface area contributed by atoms with Crippen molar-refractivity contribution in [2.24, 2.45) is 0 Å². The van der Waals surface area contributed by atoms with E-state index in [9.17, 15) is 4.79 Å². The largest absolute Gasteiger partial charge is 0.319 e. The van der Waals surface area contributed by atoms with Gasteiger partial charge in [0, 0.05) is 6.08 Å². The predicted octanol–water partition coefficient (Wildman–Crippen LogP) is 4.45. The fraction of sp³-hybridized carbons (Fsp3) is 0.143. The van der Waals surface area contributed by atoms with Crippen molar-refractivity contribution in [1.82, 2.24) is 9.78 Å². The van der Waals surface area contributed by atoms with Crippen molar-refractivity contribution in [2.45, 2.75) is 20.8 Å². The van der Waals surface area contributed by atoms with Crippen LogP contribution in [-0.4, -0.2) is 15.7 Å². The number of anilines is 1. The molecule has 0 aliphatic heterocycles. The SMILES string of the molecule is Cc1cccc(/C=C/C(=O)Nc2c(C)nn(-c3ccccc3)c2C)c1. The van der Waals surface area contributed by atoms with Gasteiger partial charge in [0.15, 0.2) is 0 Å². The number of nitrogens with one attached hydrogen (secondary N) is 1. The summed E-state index contributed by atoms with van der Waals surface area (Å²) in [7, 11) is 0. The first-order chi connectivity index (χ1) is 12.0. The summed E-state index contributed by atoms with van der Waals surface area (Å²) in [4.78, 5) is 12.3. The number of hydrogen-bond acceptors (Lipinski definition) is 2. The zero-order valence-corrected chi connectivity index (χ0v) is 14.7. The van der Waals surface area contributed by atoms with Crippen molar-refractivity contribution in [3.8, 4) is 5.69 Å². The molecule has 0 saturated heterocycles. The molecule has 0 fully saturated rings. The monoisotopic (exact) mass is 331 g/mol. The van der Waals surface area contributed by atoms with Crippen LogP contribution < -0.4 is 5.32 Å². The van der Waals surface area contributed by atoms with E-state index in [1.165, 1.54) is 5.56 Å². The molecule has 1 aromatic heterocycles. The first-order valence-corrected chi connectivity index (χ1v) is 8.22. The molecular weight excluding hydrogens is 310 g/mol. The molecule has 3 aromatic rings. The lowest BCUT2D eigenvalue weighted by Crippen LogP contribution is -2.09. The number of carbonyl (C=O) groups is 1. The second-order valence-electron chi connectivity index (χ2n) is 6.03. The van der Waals surface area contributed by atoms with Crippen LogP contribution in [0.2, 0.25) is 0 Å². The van der Waals surface area contributed by atoms with E-state index < -0.39 is 0 Å². The van der Waals surface area contributed by atoms with Gasteiger partial charge in [-0.25, -0.2) is 4.68 Å². The third-order valence-corrected chi connectivity index (χ3v) is 4.01. The highest BCUT2D eigenvalue weighted by Crippen LogP contribution is 2.22. The van der Waals surface area contributed by atoms with Crippen molar-refractivity contribution in [3.05, 3.63) is 83.2 Å². The second kappa shape index (κ2) is 7.18. The Kier molecular flexibility index (Phi) is 4.80. The molecule has 0 saturated carbocycles. The summed E-state index contributed by atoms with van der Waals surface area (Å²) in [5, 5.41) is 7.49. The maximum Gasteiger partial charge on any atom is 0.248 e. The average Bonchev–Trinajstić information content (AvgIpc) is 2.89. The first-order valence-electron chi connectivity index (χ1n) is 8.22. The van der Waals surface area contributed by atoms with E-state index in [1.54, 1.807) is 6.08 Å². The average molecular weight is 331 g/mol. The minimum absolute atomic E-state index is 0.166. The van der Waals surface area contributed by atoms with Gasteiger partial charge in [-0.1, -0.05) is 48.0 Å². The highest BCUT2D eigenvalue weighted by molar-refractivity contribution is 6.02. The van der Waals surface area contributed by atoms with Crippen molar-refractivity contribution in [1.29, 1.82) is 0 Å². The summed E-state index contributed by atoms with van der Waals surface area (Å²) in [6.07, 6.45) is 3.36. The number of aromatic nitrogens is 2. The van der Waals surface area contributed by atoms with Gasteiger partial charge in [-0.05, 0) is 44.5 Å². The van der Waals surface area contributed by atoms with Crippen LogP contribution in [0.3, 0.4) is 0 Å². The molecule has 1 amide bonds. The third kappa shape index (κ3) is 3.86. The first kappa shape index (κ1) is 16.7. The minimum Gasteiger partial charge on any atom is -0.319 e. The zero-order valence-electron chi connectivity index (χ0n) is 14.7. The number of rotatable bonds is 4. The molecule has 4 heteroatoms. The lowest BCUT2D eigenvalue weighted by atomic mass is 10.1. The molecule has 0 bridgehead atoms. The van der Waals surface area contributed by atoms with E-state index in [1.807, 2.05) is 86.1 Å². The number of aryl methyl sites for hydroxylation is 2. The molecule has 1 heterocycles. The van der Waals surface area contributed by atoms with E-state index in [2.05, 4.69) is 10.4 Å². The maximum absolute atomic E-state index is 12.3. The van der Waals surface area contributed by atoms with Gasteiger partial charge in [-0.3, -0.25) is 4.79 Å². The Morgan fingerprint density at radius 2 is 1.80 bits per heavy atom. The maximum atomic E-state index is 12.3. The molecule has 4 nitrogen and oxygen atoms in total. The van der Waals surface area contributed by atoms with E-state index in [-0.39, 0.29) is 5.91 Å². The van der Waals surface area contributed by atoms with Crippen LogP contribution in [0.25, 0.3) is 11.8 Å². The highest BCUT2D eigenvalue weighted by atomic mass is 16.1. The van der Waals surface area contributed by atoms with Crippen LogP contribution in [-0.2, 0) is 4.79 Å². The van der Waals surface area contributed by atoms with Crippen LogP contribution in [0.1, 0.15) is 22.5 Å². The van der Waals surface area contributed by atoms with E-state index in [0.717, 1.165) is 28.3 Å². The summed E-state index contributed by atoms with van der Waals surface area (Å²) < 4.78 is 1.84.